The van der Waals surface area contributed by atoms with Crippen molar-refractivity contribution in [3.8, 4) is 17.1 Å². The maximum absolute atomic E-state index is 13.1. The molecule has 3 aromatic rings. The molecular formula is C23H25N5O3S. The van der Waals surface area contributed by atoms with Crippen LogP contribution in [0.25, 0.3) is 11.4 Å². The van der Waals surface area contributed by atoms with Gasteiger partial charge in [-0.3, -0.25) is 14.2 Å². The molecule has 0 fully saturated rings. The highest BCUT2D eigenvalue weighted by Crippen LogP contribution is 2.26. The van der Waals surface area contributed by atoms with Gasteiger partial charge in [-0.05, 0) is 24.3 Å². The van der Waals surface area contributed by atoms with Crippen LogP contribution in [-0.4, -0.2) is 46.0 Å². The van der Waals surface area contributed by atoms with Gasteiger partial charge in [0.2, 0.25) is 11.8 Å². The number of thioether (sulfide) groups is 1. The lowest BCUT2D eigenvalue weighted by atomic mass is 10.2. The van der Waals surface area contributed by atoms with Gasteiger partial charge in [-0.15, -0.1) is 16.8 Å². The third-order valence-corrected chi connectivity index (χ3v) is 5.60. The van der Waals surface area contributed by atoms with Gasteiger partial charge in [0, 0.05) is 30.8 Å². The Bertz CT molecular complexity index is 1070. The van der Waals surface area contributed by atoms with E-state index in [2.05, 4.69) is 16.8 Å². The Morgan fingerprint density at radius 2 is 1.88 bits per heavy atom. The SMILES string of the molecule is C=CCn1c(SCC(=O)N(CCC(N)=O)c2ccc(OC)cc2)nnc1-c1ccccc1. The topological polar surface area (TPSA) is 103 Å². The highest BCUT2D eigenvalue weighted by molar-refractivity contribution is 7.99. The number of ether oxygens (including phenoxy) is 1. The summed E-state index contributed by atoms with van der Waals surface area (Å²) in [7, 11) is 1.57. The first kappa shape index (κ1) is 23.1. The van der Waals surface area contributed by atoms with Crippen molar-refractivity contribution in [2.45, 2.75) is 18.1 Å². The minimum absolute atomic E-state index is 0.0627. The van der Waals surface area contributed by atoms with Crippen LogP contribution in [0.3, 0.4) is 0 Å². The first-order chi connectivity index (χ1) is 15.5. The molecule has 0 atom stereocenters. The van der Waals surface area contributed by atoms with Crippen LogP contribution >= 0.6 is 11.8 Å². The van der Waals surface area contributed by atoms with Crippen molar-refractivity contribution in [2.75, 3.05) is 24.3 Å². The maximum Gasteiger partial charge on any atom is 0.237 e. The number of hydrogen-bond donors (Lipinski definition) is 1. The molecule has 3 rings (SSSR count). The zero-order valence-electron chi connectivity index (χ0n) is 17.8. The Balaban J connectivity index is 1.78. The van der Waals surface area contributed by atoms with Crippen molar-refractivity contribution in [1.82, 2.24) is 14.8 Å². The van der Waals surface area contributed by atoms with E-state index in [0.29, 0.717) is 29.0 Å². The summed E-state index contributed by atoms with van der Waals surface area (Å²) in [5.41, 5.74) is 6.90. The average molecular weight is 452 g/mol. The number of methoxy groups -OCH3 is 1. The number of carbonyl (C=O) groups excluding carboxylic acids is 2. The first-order valence-corrected chi connectivity index (χ1v) is 11.0. The molecule has 0 unspecified atom stereocenters. The number of benzene rings is 2. The molecule has 0 aliphatic rings. The summed E-state index contributed by atoms with van der Waals surface area (Å²) in [6, 6.07) is 16.8. The lowest BCUT2D eigenvalue weighted by molar-refractivity contribution is -0.118. The Kier molecular flexibility index (Phi) is 8.04. The Morgan fingerprint density at radius 1 is 1.16 bits per heavy atom. The maximum atomic E-state index is 13.1. The molecule has 0 spiro atoms. The van der Waals surface area contributed by atoms with Gasteiger partial charge in [-0.2, -0.15) is 0 Å². The zero-order valence-corrected chi connectivity index (χ0v) is 18.6. The number of nitrogens with two attached hydrogens (primary N) is 1. The van der Waals surface area contributed by atoms with E-state index < -0.39 is 5.91 Å². The number of nitrogens with zero attached hydrogens (tertiary/aromatic N) is 4. The number of primary amides is 1. The minimum atomic E-state index is -0.470. The van der Waals surface area contributed by atoms with Crippen molar-refractivity contribution in [3.63, 3.8) is 0 Å². The highest BCUT2D eigenvalue weighted by Gasteiger charge is 2.20. The van der Waals surface area contributed by atoms with Gasteiger partial charge >= 0.3 is 0 Å². The second-order valence-electron chi connectivity index (χ2n) is 6.82. The summed E-state index contributed by atoms with van der Waals surface area (Å²) >= 11 is 1.29. The summed E-state index contributed by atoms with van der Waals surface area (Å²) in [6.07, 6.45) is 1.82. The largest absolute Gasteiger partial charge is 0.497 e. The normalized spacial score (nSPS) is 10.5. The number of rotatable bonds is 11. The number of allylic oxidation sites excluding steroid dienone is 1. The fourth-order valence-corrected chi connectivity index (χ4v) is 3.90. The van der Waals surface area contributed by atoms with Crippen LogP contribution < -0.4 is 15.4 Å². The third-order valence-electron chi connectivity index (χ3n) is 4.65. The summed E-state index contributed by atoms with van der Waals surface area (Å²) < 4.78 is 7.10. The molecule has 9 heteroatoms. The molecule has 2 N–H and O–H groups in total. The second kappa shape index (κ2) is 11.1. The predicted octanol–water partition coefficient (Wildman–Crippen LogP) is 3.14. The quantitative estimate of drug-likeness (QED) is 0.355. The molecule has 8 nitrogen and oxygen atoms in total. The molecule has 0 saturated heterocycles. The smallest absolute Gasteiger partial charge is 0.237 e. The van der Waals surface area contributed by atoms with Crippen LogP contribution in [0, 0.1) is 0 Å². The Hall–Kier alpha value is -3.59. The van der Waals surface area contributed by atoms with E-state index in [1.807, 2.05) is 34.9 Å². The zero-order chi connectivity index (χ0) is 22.9. The molecular weight excluding hydrogens is 426 g/mol. The lowest BCUT2D eigenvalue weighted by Gasteiger charge is -2.22. The number of anilines is 1. The van der Waals surface area contributed by atoms with Crippen molar-refractivity contribution >= 4 is 29.3 Å². The van der Waals surface area contributed by atoms with Gasteiger partial charge in [-0.25, -0.2) is 0 Å². The van der Waals surface area contributed by atoms with Crippen LogP contribution in [0.15, 0.2) is 72.4 Å². The van der Waals surface area contributed by atoms with E-state index in [-0.39, 0.29) is 24.6 Å². The van der Waals surface area contributed by atoms with Crippen molar-refractivity contribution in [3.05, 3.63) is 67.3 Å². The van der Waals surface area contributed by atoms with E-state index in [1.54, 1.807) is 42.4 Å². The van der Waals surface area contributed by atoms with E-state index in [0.717, 1.165) is 5.56 Å². The van der Waals surface area contributed by atoms with Crippen molar-refractivity contribution in [2.24, 2.45) is 5.73 Å². The molecule has 2 aromatic carbocycles. The van der Waals surface area contributed by atoms with Gasteiger partial charge < -0.3 is 15.4 Å². The summed E-state index contributed by atoms with van der Waals surface area (Å²) in [4.78, 5) is 25.9. The average Bonchev–Trinajstić information content (AvgIpc) is 3.21. The van der Waals surface area contributed by atoms with Gasteiger partial charge in [-0.1, -0.05) is 48.2 Å². The van der Waals surface area contributed by atoms with Gasteiger partial charge in [0.25, 0.3) is 0 Å². The first-order valence-electron chi connectivity index (χ1n) is 9.98. The van der Waals surface area contributed by atoms with Crippen molar-refractivity contribution < 1.29 is 14.3 Å². The molecule has 0 saturated carbocycles. The molecule has 0 bridgehead atoms. The van der Waals surface area contributed by atoms with Crippen molar-refractivity contribution in [1.29, 1.82) is 0 Å². The Morgan fingerprint density at radius 3 is 2.50 bits per heavy atom. The molecule has 1 heterocycles. The van der Waals surface area contributed by atoms with Crippen LogP contribution in [0.2, 0.25) is 0 Å². The Labute approximate surface area is 191 Å². The fraction of sp³-hybridized carbons (Fsp3) is 0.217. The van der Waals surface area contributed by atoms with E-state index in [9.17, 15) is 9.59 Å². The van der Waals surface area contributed by atoms with Gasteiger partial charge in [0.15, 0.2) is 11.0 Å². The van der Waals surface area contributed by atoms with E-state index >= 15 is 0 Å². The molecule has 166 valence electrons. The minimum Gasteiger partial charge on any atom is -0.497 e. The monoisotopic (exact) mass is 451 g/mol. The number of carbonyl (C=O) groups is 2. The summed E-state index contributed by atoms with van der Waals surface area (Å²) in [5.74, 6) is 0.866. The predicted molar refractivity (Wildman–Crippen MR) is 126 cm³/mol. The van der Waals surface area contributed by atoms with E-state index in [4.69, 9.17) is 10.5 Å². The molecule has 0 aliphatic carbocycles. The van der Waals surface area contributed by atoms with Crippen LogP contribution in [0.4, 0.5) is 5.69 Å². The summed E-state index contributed by atoms with van der Waals surface area (Å²) in [6.45, 7) is 4.52. The number of amides is 2. The van der Waals surface area contributed by atoms with Crippen LogP contribution in [0.1, 0.15) is 6.42 Å². The van der Waals surface area contributed by atoms with Gasteiger partial charge in [0.05, 0.1) is 12.9 Å². The van der Waals surface area contributed by atoms with Crippen LogP contribution in [-0.2, 0) is 16.1 Å². The molecule has 1 aromatic heterocycles. The molecule has 0 radical (unpaired) electrons. The lowest BCUT2D eigenvalue weighted by Crippen LogP contribution is -2.35. The fourth-order valence-electron chi connectivity index (χ4n) is 3.08. The molecule has 0 aliphatic heterocycles. The van der Waals surface area contributed by atoms with Gasteiger partial charge in [0.1, 0.15) is 5.75 Å². The van der Waals surface area contributed by atoms with E-state index in [1.165, 1.54) is 11.8 Å². The number of aromatic nitrogens is 3. The molecule has 32 heavy (non-hydrogen) atoms. The molecule has 2 amide bonds. The van der Waals surface area contributed by atoms with Crippen LogP contribution in [0.5, 0.6) is 5.75 Å². The summed E-state index contributed by atoms with van der Waals surface area (Å²) in [5, 5.41) is 9.20. The second-order valence-corrected chi connectivity index (χ2v) is 7.76. The number of hydrogen-bond acceptors (Lipinski definition) is 6. The third kappa shape index (κ3) is 5.76. The highest BCUT2D eigenvalue weighted by atomic mass is 32.2. The standard InChI is InChI=1S/C23H25N5O3S/c1-3-14-28-22(17-7-5-4-6-8-17)25-26-23(28)32-16-21(30)27(15-13-20(24)29)18-9-11-19(31-2)12-10-18/h3-12H,1,13-16H2,2H3,(H2,24,29).